The van der Waals surface area contributed by atoms with Gasteiger partial charge in [0.25, 0.3) is 0 Å². The Balaban J connectivity index is 2.46. The van der Waals surface area contributed by atoms with E-state index >= 15 is 0 Å². The molecular weight excluding hydrogens is 244 g/mol. The molecule has 1 aliphatic heterocycles. The van der Waals surface area contributed by atoms with Gasteiger partial charge in [0.15, 0.2) is 0 Å². The van der Waals surface area contributed by atoms with Crippen molar-refractivity contribution in [2.24, 2.45) is 5.41 Å². The van der Waals surface area contributed by atoms with Crippen molar-refractivity contribution in [1.29, 1.82) is 0 Å². The lowest BCUT2D eigenvalue weighted by molar-refractivity contribution is 0.155. The van der Waals surface area contributed by atoms with Crippen molar-refractivity contribution in [1.82, 2.24) is 10.2 Å². The number of hydrogen-bond acceptors (Lipinski definition) is 3. The smallest absolute Gasteiger partial charge is 0.0363 e. The van der Waals surface area contributed by atoms with Crippen LogP contribution in [0.25, 0.3) is 0 Å². The summed E-state index contributed by atoms with van der Waals surface area (Å²) in [6.07, 6.45) is 1.18. The Labute approximate surface area is 115 Å². The van der Waals surface area contributed by atoms with E-state index in [4.69, 9.17) is 0 Å². The number of nitrogens with zero attached hydrogens (tertiary/aromatic N) is 1. The Bertz CT molecular complexity index is 278. The molecule has 0 bridgehead atoms. The predicted octanol–water partition coefficient (Wildman–Crippen LogP) is 1.86. The zero-order valence-electron chi connectivity index (χ0n) is 12.7. The molecule has 1 atom stereocenters. The Morgan fingerprint density at radius 2 is 1.72 bits per heavy atom. The Morgan fingerprint density at radius 1 is 1.17 bits per heavy atom. The van der Waals surface area contributed by atoms with Crippen molar-refractivity contribution in [2.45, 2.75) is 46.6 Å². The van der Waals surface area contributed by atoms with E-state index in [1.54, 1.807) is 0 Å². The fourth-order valence-corrected chi connectivity index (χ4v) is 3.27. The zero-order chi connectivity index (χ0) is 13.8. The van der Waals surface area contributed by atoms with Crippen LogP contribution in [0.4, 0.5) is 0 Å². The highest BCUT2D eigenvalue weighted by atomic mass is 32.2. The van der Waals surface area contributed by atoms with Crippen molar-refractivity contribution >= 4 is 10.8 Å². The standard InChI is InChI=1S/C14H30N2OS/c1-6-14(5,11-15-13(2,3)4)12-16-7-9-18(17)10-8-16/h15H,6-12H2,1-5H3. The molecule has 1 N–H and O–H groups in total. The number of hydrogen-bond donors (Lipinski definition) is 1. The summed E-state index contributed by atoms with van der Waals surface area (Å²) in [6.45, 7) is 15.4. The first kappa shape index (κ1) is 16.1. The molecule has 1 aliphatic rings. The number of rotatable bonds is 5. The maximum atomic E-state index is 11.4. The van der Waals surface area contributed by atoms with Crippen LogP contribution in [0.2, 0.25) is 0 Å². The molecule has 0 aromatic rings. The third-order valence-electron chi connectivity index (χ3n) is 3.77. The average Bonchev–Trinajstić information content (AvgIpc) is 2.29. The summed E-state index contributed by atoms with van der Waals surface area (Å²) < 4.78 is 11.4. The third-order valence-corrected chi connectivity index (χ3v) is 5.05. The second kappa shape index (κ2) is 6.49. The fraction of sp³-hybridized carbons (Fsp3) is 1.00. The van der Waals surface area contributed by atoms with Crippen LogP contribution in [0, 0.1) is 5.41 Å². The molecule has 0 spiro atoms. The van der Waals surface area contributed by atoms with Gasteiger partial charge in [0.1, 0.15) is 0 Å². The van der Waals surface area contributed by atoms with Gasteiger partial charge in [0.05, 0.1) is 0 Å². The van der Waals surface area contributed by atoms with Crippen LogP contribution in [-0.2, 0) is 10.8 Å². The molecule has 0 aromatic heterocycles. The first-order valence-corrected chi connectivity index (χ1v) is 8.55. The van der Waals surface area contributed by atoms with Crippen molar-refractivity contribution in [2.75, 3.05) is 37.7 Å². The van der Waals surface area contributed by atoms with Crippen molar-refractivity contribution in [3.63, 3.8) is 0 Å². The minimum Gasteiger partial charge on any atom is -0.311 e. The van der Waals surface area contributed by atoms with E-state index in [9.17, 15) is 4.21 Å². The molecule has 108 valence electrons. The van der Waals surface area contributed by atoms with Gasteiger partial charge in [0.2, 0.25) is 0 Å². The van der Waals surface area contributed by atoms with Gasteiger partial charge in [-0.15, -0.1) is 0 Å². The minimum atomic E-state index is -0.566. The van der Waals surface area contributed by atoms with Gasteiger partial charge in [-0.2, -0.15) is 0 Å². The quantitative estimate of drug-likeness (QED) is 0.830. The molecule has 3 nitrogen and oxygen atoms in total. The van der Waals surface area contributed by atoms with E-state index < -0.39 is 10.8 Å². The molecule has 0 radical (unpaired) electrons. The van der Waals surface area contributed by atoms with Crippen LogP contribution < -0.4 is 5.32 Å². The fourth-order valence-electron chi connectivity index (χ4n) is 2.14. The monoisotopic (exact) mass is 274 g/mol. The summed E-state index contributed by atoms with van der Waals surface area (Å²) in [5.74, 6) is 1.71. The molecule has 1 heterocycles. The highest BCUT2D eigenvalue weighted by Gasteiger charge is 2.28. The highest BCUT2D eigenvalue weighted by Crippen LogP contribution is 2.23. The van der Waals surface area contributed by atoms with Crippen LogP contribution >= 0.6 is 0 Å². The van der Waals surface area contributed by atoms with Gasteiger partial charge in [-0.1, -0.05) is 13.8 Å². The van der Waals surface area contributed by atoms with E-state index in [0.29, 0.717) is 5.41 Å². The lowest BCUT2D eigenvalue weighted by Gasteiger charge is -2.38. The molecule has 18 heavy (non-hydrogen) atoms. The molecule has 0 amide bonds. The van der Waals surface area contributed by atoms with Gasteiger partial charge < -0.3 is 10.2 Å². The van der Waals surface area contributed by atoms with Crippen molar-refractivity contribution in [3.05, 3.63) is 0 Å². The highest BCUT2D eigenvalue weighted by molar-refractivity contribution is 7.85. The zero-order valence-corrected chi connectivity index (χ0v) is 13.5. The summed E-state index contributed by atoms with van der Waals surface area (Å²) in [6, 6.07) is 0. The normalized spacial score (nSPS) is 22.9. The molecule has 0 aliphatic carbocycles. The molecule has 0 aromatic carbocycles. The minimum absolute atomic E-state index is 0.180. The van der Waals surface area contributed by atoms with Gasteiger partial charge in [0, 0.05) is 54.0 Å². The maximum absolute atomic E-state index is 11.4. The first-order valence-electron chi connectivity index (χ1n) is 7.06. The lowest BCUT2D eigenvalue weighted by atomic mass is 9.86. The van der Waals surface area contributed by atoms with Gasteiger partial charge in [-0.25, -0.2) is 0 Å². The van der Waals surface area contributed by atoms with Crippen LogP contribution in [0.5, 0.6) is 0 Å². The molecular formula is C14H30N2OS. The lowest BCUT2D eigenvalue weighted by Crippen LogP contribution is -2.49. The first-order chi connectivity index (χ1) is 8.24. The Hall–Kier alpha value is 0.0700. The molecule has 1 saturated heterocycles. The van der Waals surface area contributed by atoms with Gasteiger partial charge in [-0.05, 0) is 32.6 Å². The van der Waals surface area contributed by atoms with E-state index in [-0.39, 0.29) is 5.54 Å². The SMILES string of the molecule is CCC(C)(CNC(C)(C)C)CN1CCS(=O)CC1. The number of nitrogens with one attached hydrogen (secondary N) is 1. The van der Waals surface area contributed by atoms with E-state index in [1.807, 2.05) is 0 Å². The van der Waals surface area contributed by atoms with E-state index in [0.717, 1.165) is 37.7 Å². The molecule has 4 heteroatoms. The maximum Gasteiger partial charge on any atom is 0.0363 e. The molecule has 1 fully saturated rings. The summed E-state index contributed by atoms with van der Waals surface area (Å²) in [7, 11) is -0.566. The van der Waals surface area contributed by atoms with Crippen LogP contribution in [-0.4, -0.2) is 52.3 Å². The Morgan fingerprint density at radius 3 is 2.17 bits per heavy atom. The summed E-state index contributed by atoms with van der Waals surface area (Å²) in [5, 5.41) is 3.63. The average molecular weight is 274 g/mol. The van der Waals surface area contributed by atoms with Gasteiger partial charge in [-0.3, -0.25) is 4.21 Å². The summed E-state index contributed by atoms with van der Waals surface area (Å²) in [4.78, 5) is 2.48. The Kier molecular flexibility index (Phi) is 5.81. The topological polar surface area (TPSA) is 32.3 Å². The second-order valence-electron chi connectivity index (χ2n) is 6.89. The molecule has 0 saturated carbocycles. The van der Waals surface area contributed by atoms with Crippen LogP contribution in [0.3, 0.4) is 0 Å². The van der Waals surface area contributed by atoms with Crippen molar-refractivity contribution in [3.8, 4) is 0 Å². The predicted molar refractivity (Wildman–Crippen MR) is 80.5 cm³/mol. The van der Waals surface area contributed by atoms with Crippen LogP contribution in [0.15, 0.2) is 0 Å². The largest absolute Gasteiger partial charge is 0.311 e. The molecule has 1 rings (SSSR count). The summed E-state index contributed by atoms with van der Waals surface area (Å²) in [5.41, 5.74) is 0.492. The van der Waals surface area contributed by atoms with E-state index in [1.165, 1.54) is 6.42 Å². The van der Waals surface area contributed by atoms with Crippen LogP contribution in [0.1, 0.15) is 41.0 Å². The summed E-state index contributed by atoms with van der Waals surface area (Å²) >= 11 is 0. The van der Waals surface area contributed by atoms with E-state index in [2.05, 4.69) is 44.8 Å². The third kappa shape index (κ3) is 5.81. The second-order valence-corrected chi connectivity index (χ2v) is 8.59. The van der Waals surface area contributed by atoms with Crippen molar-refractivity contribution < 1.29 is 4.21 Å². The van der Waals surface area contributed by atoms with Gasteiger partial charge >= 0.3 is 0 Å². The molecule has 1 unspecified atom stereocenters.